The molecule has 0 bridgehead atoms. The van der Waals surface area contributed by atoms with E-state index in [9.17, 15) is 4.79 Å². The molecule has 37 heavy (non-hydrogen) atoms. The molecule has 0 aliphatic carbocycles. The van der Waals surface area contributed by atoms with Gasteiger partial charge in [0.25, 0.3) is 0 Å². The molecule has 1 amide bonds. The monoisotopic (exact) mass is 495 g/mol. The number of carbonyl (C=O) groups excluding carboxylic acids is 1. The van der Waals surface area contributed by atoms with Gasteiger partial charge < -0.3 is 10.1 Å². The Bertz CT molecular complexity index is 1350. The summed E-state index contributed by atoms with van der Waals surface area (Å²) in [6.45, 7) is 7.47. The third kappa shape index (κ3) is 5.57. The standard InChI is InChI=1S/C30H33N5O2/c1-21(2)23-6-4-22(5-7-23)20-37-26-10-8-24(9-11-26)29-27-18-34(19-28(36)31-3)16-17-35(27)33-30(29)25-12-14-32-15-13-25/h4-15,21H,16-20H2,1-3H3,(H,31,36). The predicted octanol–water partition coefficient (Wildman–Crippen LogP) is 4.88. The Kier molecular flexibility index (Phi) is 7.32. The van der Waals surface area contributed by atoms with Crippen molar-refractivity contribution in [2.75, 3.05) is 20.1 Å². The van der Waals surface area contributed by atoms with E-state index in [1.807, 2.05) is 24.3 Å². The number of hydrogen-bond donors (Lipinski definition) is 1. The van der Waals surface area contributed by atoms with Gasteiger partial charge in [-0.05, 0) is 46.9 Å². The highest BCUT2D eigenvalue weighted by Crippen LogP contribution is 2.37. The van der Waals surface area contributed by atoms with Crippen LogP contribution in [0.25, 0.3) is 22.4 Å². The summed E-state index contributed by atoms with van der Waals surface area (Å²) in [7, 11) is 1.67. The van der Waals surface area contributed by atoms with Crippen LogP contribution in [0.1, 0.15) is 36.6 Å². The smallest absolute Gasteiger partial charge is 0.233 e. The normalized spacial score (nSPS) is 13.4. The molecular weight excluding hydrogens is 462 g/mol. The van der Waals surface area contributed by atoms with E-state index in [0.717, 1.165) is 52.5 Å². The Labute approximate surface area is 218 Å². The van der Waals surface area contributed by atoms with Gasteiger partial charge in [0, 0.05) is 43.7 Å². The fraction of sp³-hybridized carbons (Fsp3) is 0.300. The van der Waals surface area contributed by atoms with Crippen molar-refractivity contribution in [2.45, 2.75) is 39.5 Å². The highest BCUT2D eigenvalue weighted by Gasteiger charge is 2.26. The number of fused-ring (bicyclic) bond motifs is 1. The maximum absolute atomic E-state index is 12.0. The lowest BCUT2D eigenvalue weighted by atomic mass is 9.98. The molecule has 2 aromatic carbocycles. The second-order valence-electron chi connectivity index (χ2n) is 9.72. The molecule has 1 aliphatic rings. The molecule has 0 fully saturated rings. The van der Waals surface area contributed by atoms with Gasteiger partial charge in [-0.15, -0.1) is 0 Å². The van der Waals surface area contributed by atoms with E-state index in [0.29, 0.717) is 25.6 Å². The number of rotatable bonds is 8. The van der Waals surface area contributed by atoms with Gasteiger partial charge in [0.15, 0.2) is 0 Å². The lowest BCUT2D eigenvalue weighted by Crippen LogP contribution is -2.40. The van der Waals surface area contributed by atoms with Crippen LogP contribution in [0, 0.1) is 0 Å². The van der Waals surface area contributed by atoms with Crippen LogP contribution in [-0.2, 0) is 24.5 Å². The molecule has 0 radical (unpaired) electrons. The molecular formula is C30H33N5O2. The van der Waals surface area contributed by atoms with Crippen LogP contribution in [0.5, 0.6) is 5.75 Å². The number of nitrogens with zero attached hydrogens (tertiary/aromatic N) is 4. The van der Waals surface area contributed by atoms with E-state index in [2.05, 4.69) is 70.1 Å². The number of aromatic nitrogens is 3. The third-order valence-corrected chi connectivity index (χ3v) is 6.85. The summed E-state index contributed by atoms with van der Waals surface area (Å²) >= 11 is 0. The van der Waals surface area contributed by atoms with Gasteiger partial charge in [-0.1, -0.05) is 50.2 Å². The number of hydrogen-bond acceptors (Lipinski definition) is 5. The van der Waals surface area contributed by atoms with E-state index in [1.165, 1.54) is 5.56 Å². The Balaban J connectivity index is 1.40. The number of benzene rings is 2. The lowest BCUT2D eigenvalue weighted by molar-refractivity contribution is -0.122. The summed E-state index contributed by atoms with van der Waals surface area (Å²) in [5, 5.41) is 7.71. The summed E-state index contributed by atoms with van der Waals surface area (Å²) in [4.78, 5) is 18.4. The number of carbonyl (C=O) groups is 1. The van der Waals surface area contributed by atoms with E-state index < -0.39 is 0 Å². The summed E-state index contributed by atoms with van der Waals surface area (Å²) in [6, 6.07) is 20.8. The maximum atomic E-state index is 12.0. The number of likely N-dealkylation sites (N-methyl/N-ethyl adjacent to an activating group) is 1. The van der Waals surface area contributed by atoms with Crippen LogP contribution >= 0.6 is 0 Å². The Morgan fingerprint density at radius 1 is 0.973 bits per heavy atom. The fourth-order valence-corrected chi connectivity index (χ4v) is 4.68. The summed E-state index contributed by atoms with van der Waals surface area (Å²) in [6.07, 6.45) is 3.58. The first-order chi connectivity index (χ1) is 18.0. The van der Waals surface area contributed by atoms with E-state index in [4.69, 9.17) is 9.84 Å². The fourth-order valence-electron chi connectivity index (χ4n) is 4.68. The average molecular weight is 496 g/mol. The SMILES string of the molecule is CNC(=O)CN1CCn2nc(-c3ccncc3)c(-c3ccc(OCc4ccc(C(C)C)cc4)cc3)c2C1. The van der Waals surface area contributed by atoms with E-state index in [1.54, 1.807) is 19.4 Å². The Hall–Kier alpha value is -3.97. The molecule has 0 atom stereocenters. The minimum Gasteiger partial charge on any atom is -0.489 e. The van der Waals surface area contributed by atoms with Gasteiger partial charge >= 0.3 is 0 Å². The largest absolute Gasteiger partial charge is 0.489 e. The topological polar surface area (TPSA) is 72.3 Å². The number of ether oxygens (including phenoxy) is 1. The van der Waals surface area contributed by atoms with Gasteiger partial charge in [0.1, 0.15) is 18.1 Å². The maximum Gasteiger partial charge on any atom is 0.233 e. The van der Waals surface area contributed by atoms with Crippen LogP contribution in [0.2, 0.25) is 0 Å². The van der Waals surface area contributed by atoms with Gasteiger partial charge in [0.05, 0.1) is 18.8 Å². The first-order valence-electron chi connectivity index (χ1n) is 12.8. The second kappa shape index (κ2) is 11.0. The summed E-state index contributed by atoms with van der Waals surface area (Å²) in [5.41, 5.74) is 7.70. The minimum absolute atomic E-state index is 0.0178. The van der Waals surface area contributed by atoms with Gasteiger partial charge in [-0.3, -0.25) is 19.4 Å². The van der Waals surface area contributed by atoms with E-state index in [-0.39, 0.29) is 5.91 Å². The number of amides is 1. The van der Waals surface area contributed by atoms with Crippen molar-refractivity contribution < 1.29 is 9.53 Å². The molecule has 1 N–H and O–H groups in total. The van der Waals surface area contributed by atoms with Crippen LogP contribution in [0.4, 0.5) is 0 Å². The predicted molar refractivity (Wildman–Crippen MR) is 145 cm³/mol. The second-order valence-corrected chi connectivity index (χ2v) is 9.72. The molecule has 3 heterocycles. The minimum atomic E-state index is 0.0178. The van der Waals surface area contributed by atoms with E-state index >= 15 is 0 Å². The molecule has 0 unspecified atom stereocenters. The summed E-state index contributed by atoms with van der Waals surface area (Å²) in [5.74, 6) is 1.36. The van der Waals surface area contributed by atoms with Crippen LogP contribution in [0.3, 0.4) is 0 Å². The average Bonchev–Trinajstić information content (AvgIpc) is 3.31. The molecule has 7 heteroatoms. The van der Waals surface area contributed by atoms with Crippen molar-refractivity contribution in [1.29, 1.82) is 0 Å². The molecule has 0 saturated carbocycles. The highest BCUT2D eigenvalue weighted by molar-refractivity contribution is 5.83. The molecule has 7 nitrogen and oxygen atoms in total. The molecule has 0 spiro atoms. The van der Waals surface area contributed by atoms with Crippen molar-refractivity contribution in [3.63, 3.8) is 0 Å². The van der Waals surface area contributed by atoms with Crippen molar-refractivity contribution in [2.24, 2.45) is 0 Å². The first kappa shape index (κ1) is 24.7. The zero-order valence-corrected chi connectivity index (χ0v) is 21.6. The molecule has 0 saturated heterocycles. The van der Waals surface area contributed by atoms with Gasteiger partial charge in [-0.25, -0.2) is 0 Å². The van der Waals surface area contributed by atoms with Crippen LogP contribution in [0.15, 0.2) is 73.1 Å². The van der Waals surface area contributed by atoms with Gasteiger partial charge in [0.2, 0.25) is 5.91 Å². The highest BCUT2D eigenvalue weighted by atomic mass is 16.5. The molecule has 5 rings (SSSR count). The zero-order valence-electron chi connectivity index (χ0n) is 21.6. The van der Waals surface area contributed by atoms with Gasteiger partial charge in [-0.2, -0.15) is 5.10 Å². The zero-order chi connectivity index (χ0) is 25.8. The molecule has 2 aromatic heterocycles. The lowest BCUT2D eigenvalue weighted by Gasteiger charge is -2.27. The quantitative estimate of drug-likeness (QED) is 0.377. The van der Waals surface area contributed by atoms with Crippen LogP contribution < -0.4 is 10.1 Å². The first-order valence-corrected chi connectivity index (χ1v) is 12.8. The molecule has 1 aliphatic heterocycles. The Morgan fingerprint density at radius 3 is 2.38 bits per heavy atom. The van der Waals surface area contributed by atoms with Crippen LogP contribution in [-0.4, -0.2) is 45.7 Å². The number of nitrogens with one attached hydrogen (secondary N) is 1. The van der Waals surface area contributed by atoms with Crippen molar-refractivity contribution in [1.82, 2.24) is 25.0 Å². The third-order valence-electron chi connectivity index (χ3n) is 6.85. The Morgan fingerprint density at radius 2 is 1.70 bits per heavy atom. The molecule has 4 aromatic rings. The number of pyridine rings is 1. The van der Waals surface area contributed by atoms with Crippen molar-refractivity contribution in [3.05, 3.63) is 89.9 Å². The van der Waals surface area contributed by atoms with Crippen molar-refractivity contribution >= 4 is 5.91 Å². The summed E-state index contributed by atoms with van der Waals surface area (Å²) < 4.78 is 8.16. The molecule has 190 valence electrons. The van der Waals surface area contributed by atoms with Crippen molar-refractivity contribution in [3.8, 4) is 28.1 Å².